The van der Waals surface area contributed by atoms with Gasteiger partial charge in [-0.3, -0.25) is 19.1 Å². The lowest BCUT2D eigenvalue weighted by Crippen LogP contribution is -2.28. The minimum atomic E-state index is -0.535. The highest BCUT2D eigenvalue weighted by molar-refractivity contribution is 7.14. The minimum absolute atomic E-state index is 0.157. The third-order valence-electron chi connectivity index (χ3n) is 4.80. The van der Waals surface area contributed by atoms with E-state index in [4.69, 9.17) is 0 Å². The molecule has 3 heterocycles. The topological polar surface area (TPSA) is 126 Å². The lowest BCUT2D eigenvalue weighted by molar-refractivity contribution is -0.116. The molecular weight excluding hydrogens is 404 g/mol. The number of H-pyrrole nitrogens is 2. The largest absolute Gasteiger partial charge is 0.336 e. The predicted molar refractivity (Wildman–Crippen MR) is 116 cm³/mol. The number of anilines is 1. The molecule has 0 saturated heterocycles. The summed E-state index contributed by atoms with van der Waals surface area (Å²) in [6, 6.07) is 6.16. The first-order valence-corrected chi connectivity index (χ1v) is 10.2. The maximum atomic E-state index is 12.3. The fourth-order valence-corrected chi connectivity index (χ4v) is 3.97. The fourth-order valence-electron chi connectivity index (χ4n) is 3.24. The number of carbonyl (C=O) groups is 1. The molecule has 0 aliphatic carbocycles. The van der Waals surface area contributed by atoms with Crippen molar-refractivity contribution in [2.24, 2.45) is 7.05 Å². The molecule has 0 spiro atoms. The van der Waals surface area contributed by atoms with Gasteiger partial charge in [0.25, 0.3) is 5.56 Å². The van der Waals surface area contributed by atoms with Gasteiger partial charge in [-0.1, -0.05) is 23.8 Å². The summed E-state index contributed by atoms with van der Waals surface area (Å²) in [5, 5.41) is 5.24. The number of fused-ring (bicyclic) bond motifs is 1. The zero-order chi connectivity index (χ0) is 21.4. The van der Waals surface area contributed by atoms with Crippen molar-refractivity contribution >= 4 is 33.5 Å². The summed E-state index contributed by atoms with van der Waals surface area (Å²) in [6.07, 6.45) is 0.452. The Morgan fingerprint density at radius 3 is 2.77 bits per heavy atom. The molecule has 0 unspecified atom stereocenters. The second-order valence-electron chi connectivity index (χ2n) is 7.10. The van der Waals surface area contributed by atoms with E-state index in [1.54, 1.807) is 0 Å². The Morgan fingerprint density at radius 2 is 2.00 bits per heavy atom. The summed E-state index contributed by atoms with van der Waals surface area (Å²) in [7, 11) is 1.52. The molecule has 0 aliphatic heterocycles. The normalized spacial score (nSPS) is 11.2. The molecule has 0 aliphatic rings. The molecular formula is C20H20N6O3S. The Kier molecular flexibility index (Phi) is 5.08. The number of benzene rings is 1. The standard InChI is InChI=1S/C20H20N6O3S/c1-10-4-5-12(11(2)8-10)13-9-30-19(21-13)24-15(27)7-6-14-22-16-17(23-14)26(3)20(29)25-18(16)28/h4-5,8-9H,6-7H2,1-3H3,(H,22,23)(H,21,24,27)(H,25,28,29). The summed E-state index contributed by atoms with van der Waals surface area (Å²) >= 11 is 1.37. The molecule has 3 N–H and O–H groups in total. The highest BCUT2D eigenvalue weighted by atomic mass is 32.1. The molecule has 9 nitrogen and oxygen atoms in total. The number of imidazole rings is 1. The molecule has 0 atom stereocenters. The Morgan fingerprint density at radius 1 is 1.20 bits per heavy atom. The first-order valence-electron chi connectivity index (χ1n) is 9.32. The molecule has 30 heavy (non-hydrogen) atoms. The van der Waals surface area contributed by atoms with Crippen LogP contribution in [-0.4, -0.2) is 30.4 Å². The van der Waals surface area contributed by atoms with Crippen LogP contribution in [0, 0.1) is 13.8 Å². The van der Waals surface area contributed by atoms with Gasteiger partial charge in [0.05, 0.1) is 5.69 Å². The highest BCUT2D eigenvalue weighted by Crippen LogP contribution is 2.28. The van der Waals surface area contributed by atoms with E-state index in [0.717, 1.165) is 16.8 Å². The number of thiazole rings is 1. The number of nitrogens with one attached hydrogen (secondary N) is 3. The third kappa shape index (κ3) is 3.81. The Balaban J connectivity index is 1.43. The van der Waals surface area contributed by atoms with Crippen LogP contribution in [0.2, 0.25) is 0 Å². The van der Waals surface area contributed by atoms with Crippen molar-refractivity contribution in [1.82, 2.24) is 24.5 Å². The second-order valence-corrected chi connectivity index (χ2v) is 7.96. The van der Waals surface area contributed by atoms with Gasteiger partial charge in [0.2, 0.25) is 5.91 Å². The Labute approximate surface area is 174 Å². The quantitative estimate of drug-likeness (QED) is 0.453. The van der Waals surface area contributed by atoms with Gasteiger partial charge in [0.1, 0.15) is 11.3 Å². The molecule has 4 rings (SSSR count). The molecule has 0 saturated carbocycles. The minimum Gasteiger partial charge on any atom is -0.336 e. The van der Waals surface area contributed by atoms with Crippen LogP contribution in [-0.2, 0) is 18.3 Å². The zero-order valence-corrected chi connectivity index (χ0v) is 17.5. The van der Waals surface area contributed by atoms with Gasteiger partial charge in [-0.25, -0.2) is 14.8 Å². The van der Waals surface area contributed by atoms with Crippen molar-refractivity contribution in [2.75, 3.05) is 5.32 Å². The highest BCUT2D eigenvalue weighted by Gasteiger charge is 2.13. The number of aryl methyl sites for hydroxylation is 4. The molecule has 3 aromatic heterocycles. The summed E-state index contributed by atoms with van der Waals surface area (Å²) in [4.78, 5) is 49.7. The number of nitrogens with zero attached hydrogens (tertiary/aromatic N) is 3. The van der Waals surface area contributed by atoms with Crippen molar-refractivity contribution in [3.05, 3.63) is 61.4 Å². The maximum absolute atomic E-state index is 12.3. The van der Waals surface area contributed by atoms with Crippen LogP contribution in [0.25, 0.3) is 22.4 Å². The van der Waals surface area contributed by atoms with Crippen LogP contribution in [0.3, 0.4) is 0 Å². The summed E-state index contributed by atoms with van der Waals surface area (Å²) in [6.45, 7) is 4.08. The third-order valence-corrected chi connectivity index (χ3v) is 5.56. The molecule has 0 radical (unpaired) electrons. The second kappa shape index (κ2) is 7.71. The number of carbonyl (C=O) groups excluding carboxylic acids is 1. The SMILES string of the molecule is Cc1ccc(-c2csc(NC(=O)CCc3nc4c([nH]3)c(=O)[nH]c(=O)n4C)n2)c(C)c1. The van der Waals surface area contributed by atoms with Gasteiger partial charge in [0, 0.05) is 30.8 Å². The predicted octanol–water partition coefficient (Wildman–Crippen LogP) is 2.26. The molecule has 0 bridgehead atoms. The van der Waals surface area contributed by atoms with E-state index in [1.165, 1.54) is 28.5 Å². The van der Waals surface area contributed by atoms with E-state index in [2.05, 4.69) is 31.3 Å². The van der Waals surface area contributed by atoms with E-state index < -0.39 is 11.2 Å². The lowest BCUT2D eigenvalue weighted by atomic mass is 10.0. The molecule has 1 amide bonds. The van der Waals surface area contributed by atoms with Gasteiger partial charge < -0.3 is 10.3 Å². The van der Waals surface area contributed by atoms with E-state index in [-0.39, 0.29) is 23.5 Å². The summed E-state index contributed by atoms with van der Waals surface area (Å²) in [5.74, 6) is 0.252. The van der Waals surface area contributed by atoms with Crippen molar-refractivity contribution < 1.29 is 4.79 Å². The number of aromatic amines is 2. The first kappa shape index (κ1) is 19.8. The number of amides is 1. The smallest absolute Gasteiger partial charge is 0.329 e. The summed E-state index contributed by atoms with van der Waals surface area (Å²) in [5.41, 5.74) is 3.59. The van der Waals surface area contributed by atoms with Crippen LogP contribution < -0.4 is 16.6 Å². The average molecular weight is 424 g/mol. The van der Waals surface area contributed by atoms with Crippen LogP contribution in [0.15, 0.2) is 33.2 Å². The fraction of sp³-hybridized carbons (Fsp3) is 0.250. The number of hydrogen-bond acceptors (Lipinski definition) is 6. The molecule has 154 valence electrons. The van der Waals surface area contributed by atoms with E-state index in [0.29, 0.717) is 17.4 Å². The van der Waals surface area contributed by atoms with Crippen molar-refractivity contribution in [2.45, 2.75) is 26.7 Å². The van der Waals surface area contributed by atoms with Gasteiger partial charge in [-0.15, -0.1) is 11.3 Å². The van der Waals surface area contributed by atoms with Crippen molar-refractivity contribution in [3.8, 4) is 11.3 Å². The first-order chi connectivity index (χ1) is 14.3. The van der Waals surface area contributed by atoms with E-state index in [9.17, 15) is 14.4 Å². The average Bonchev–Trinajstić information content (AvgIpc) is 3.32. The van der Waals surface area contributed by atoms with Crippen LogP contribution in [0.4, 0.5) is 5.13 Å². The maximum Gasteiger partial charge on any atom is 0.329 e. The van der Waals surface area contributed by atoms with Crippen LogP contribution >= 0.6 is 11.3 Å². The lowest BCUT2D eigenvalue weighted by Gasteiger charge is -2.04. The Bertz CT molecular complexity index is 1380. The van der Waals surface area contributed by atoms with Crippen LogP contribution in [0.5, 0.6) is 0 Å². The van der Waals surface area contributed by atoms with Crippen molar-refractivity contribution in [1.29, 1.82) is 0 Å². The zero-order valence-electron chi connectivity index (χ0n) is 16.7. The van der Waals surface area contributed by atoms with Gasteiger partial charge >= 0.3 is 5.69 Å². The van der Waals surface area contributed by atoms with Gasteiger partial charge in [-0.2, -0.15) is 0 Å². The van der Waals surface area contributed by atoms with Crippen LogP contribution in [0.1, 0.15) is 23.4 Å². The monoisotopic (exact) mass is 424 g/mol. The van der Waals surface area contributed by atoms with Gasteiger partial charge in [-0.05, 0) is 19.4 Å². The molecule has 0 fully saturated rings. The van der Waals surface area contributed by atoms with E-state index in [1.807, 2.05) is 31.4 Å². The van der Waals surface area contributed by atoms with Gasteiger partial charge in [0.15, 0.2) is 10.8 Å². The van der Waals surface area contributed by atoms with E-state index >= 15 is 0 Å². The molecule has 1 aromatic carbocycles. The molecule has 4 aromatic rings. The number of rotatable bonds is 5. The van der Waals surface area contributed by atoms with Crippen molar-refractivity contribution in [3.63, 3.8) is 0 Å². The number of aromatic nitrogens is 5. The number of hydrogen-bond donors (Lipinski definition) is 3. The summed E-state index contributed by atoms with van der Waals surface area (Å²) < 4.78 is 1.25. The molecule has 10 heteroatoms. The Hall–Kier alpha value is -3.53.